The topological polar surface area (TPSA) is 128 Å². The minimum atomic E-state index is -1.53. The molecule has 170 valence electrons. The van der Waals surface area contributed by atoms with E-state index in [1.807, 2.05) is 31.2 Å². The lowest BCUT2D eigenvalue weighted by molar-refractivity contribution is -0.278. The summed E-state index contributed by atoms with van der Waals surface area (Å²) in [7, 11) is 0. The van der Waals surface area contributed by atoms with Crippen LogP contribution in [0.25, 0.3) is 11.1 Å². The largest absolute Gasteiger partial charge is 0.443 e. The molecule has 1 aliphatic heterocycles. The lowest BCUT2D eigenvalue weighted by atomic mass is 9.99. The molecule has 2 aromatic carbocycles. The Balaban J connectivity index is 1.50. The number of aromatic nitrogens is 2. The van der Waals surface area contributed by atoms with Gasteiger partial charge in [0.2, 0.25) is 12.2 Å². The second-order valence-electron chi connectivity index (χ2n) is 7.83. The summed E-state index contributed by atoms with van der Waals surface area (Å²) in [5, 5.41) is 46.4. The predicted molar refractivity (Wildman–Crippen MR) is 112 cm³/mol. The van der Waals surface area contributed by atoms with Crippen LogP contribution in [0.4, 0.5) is 4.39 Å². The van der Waals surface area contributed by atoms with E-state index in [4.69, 9.17) is 9.47 Å². The smallest absolute Gasteiger partial charge is 0.238 e. The highest BCUT2D eigenvalue weighted by atomic mass is 19.1. The number of rotatable bonds is 6. The Morgan fingerprint density at radius 3 is 2.22 bits per heavy atom. The fourth-order valence-electron chi connectivity index (χ4n) is 3.67. The van der Waals surface area contributed by atoms with E-state index in [9.17, 15) is 24.8 Å². The molecule has 2 heterocycles. The number of aryl methyl sites for hydroxylation is 1. The molecule has 1 fully saturated rings. The van der Waals surface area contributed by atoms with Crippen LogP contribution in [-0.4, -0.2) is 67.9 Å². The van der Waals surface area contributed by atoms with E-state index in [1.165, 1.54) is 12.1 Å². The third-order valence-electron chi connectivity index (χ3n) is 5.62. The number of nitrogens with one attached hydrogen (secondary N) is 1. The van der Waals surface area contributed by atoms with Gasteiger partial charge in [0.1, 0.15) is 30.2 Å². The van der Waals surface area contributed by atoms with Crippen molar-refractivity contribution < 1.29 is 34.3 Å². The number of hydrogen-bond acceptors (Lipinski definition) is 7. The maximum absolute atomic E-state index is 13.1. The van der Waals surface area contributed by atoms with E-state index in [-0.39, 0.29) is 11.7 Å². The highest BCUT2D eigenvalue weighted by Crippen LogP contribution is 2.29. The molecule has 1 aromatic heterocycles. The minimum Gasteiger partial charge on any atom is -0.443 e. The van der Waals surface area contributed by atoms with Crippen molar-refractivity contribution in [1.29, 1.82) is 0 Å². The maximum Gasteiger partial charge on any atom is 0.238 e. The molecule has 5 atom stereocenters. The summed E-state index contributed by atoms with van der Waals surface area (Å²) in [6.07, 6.45) is -6.43. The molecule has 1 saturated heterocycles. The zero-order valence-electron chi connectivity index (χ0n) is 17.4. The lowest BCUT2D eigenvalue weighted by Gasteiger charge is -2.39. The van der Waals surface area contributed by atoms with Gasteiger partial charge < -0.3 is 29.9 Å². The first-order chi connectivity index (χ1) is 15.4. The highest BCUT2D eigenvalue weighted by molar-refractivity contribution is 5.63. The molecule has 0 saturated carbocycles. The van der Waals surface area contributed by atoms with Crippen molar-refractivity contribution in [3.05, 3.63) is 71.2 Å². The summed E-state index contributed by atoms with van der Waals surface area (Å²) < 4.78 is 24.3. The van der Waals surface area contributed by atoms with Crippen LogP contribution in [0.15, 0.2) is 48.5 Å². The number of aromatic amines is 1. The molecule has 9 heteroatoms. The Bertz CT molecular complexity index is 1040. The molecule has 5 N–H and O–H groups in total. The van der Waals surface area contributed by atoms with Gasteiger partial charge in [-0.3, -0.25) is 5.10 Å². The number of halogens is 1. The number of aliphatic hydroxyl groups excluding tert-OH is 4. The van der Waals surface area contributed by atoms with E-state index in [0.717, 1.165) is 27.9 Å². The van der Waals surface area contributed by atoms with E-state index >= 15 is 0 Å². The van der Waals surface area contributed by atoms with Gasteiger partial charge in [0.05, 0.1) is 6.61 Å². The minimum absolute atomic E-state index is 0.189. The Kier molecular flexibility index (Phi) is 6.54. The summed E-state index contributed by atoms with van der Waals surface area (Å²) in [4.78, 5) is 0. The summed E-state index contributed by atoms with van der Waals surface area (Å²) in [5.41, 5.74) is 4.32. The molecule has 0 amide bonds. The lowest BCUT2D eigenvalue weighted by Crippen LogP contribution is -2.60. The fraction of sp³-hybridized carbons (Fsp3) is 0.348. The van der Waals surface area contributed by atoms with Crippen LogP contribution in [-0.2, 0) is 11.2 Å². The van der Waals surface area contributed by atoms with Gasteiger partial charge in [-0.1, -0.05) is 36.4 Å². The van der Waals surface area contributed by atoms with Crippen LogP contribution in [0.5, 0.6) is 5.88 Å². The van der Waals surface area contributed by atoms with Crippen LogP contribution >= 0.6 is 0 Å². The van der Waals surface area contributed by atoms with Crippen molar-refractivity contribution in [3.63, 3.8) is 0 Å². The van der Waals surface area contributed by atoms with Crippen LogP contribution in [0.1, 0.15) is 16.8 Å². The first-order valence-electron chi connectivity index (χ1n) is 10.2. The van der Waals surface area contributed by atoms with Crippen LogP contribution < -0.4 is 4.74 Å². The first kappa shape index (κ1) is 22.4. The number of H-pyrrole nitrogens is 1. The van der Waals surface area contributed by atoms with Gasteiger partial charge in [-0.05, 0) is 35.7 Å². The highest BCUT2D eigenvalue weighted by Gasteiger charge is 2.45. The van der Waals surface area contributed by atoms with Gasteiger partial charge in [-0.2, -0.15) is 0 Å². The Hall–Kier alpha value is -2.82. The quantitative estimate of drug-likeness (QED) is 0.388. The van der Waals surface area contributed by atoms with Crippen LogP contribution in [0.3, 0.4) is 0 Å². The van der Waals surface area contributed by atoms with Crippen LogP contribution in [0, 0.1) is 12.7 Å². The van der Waals surface area contributed by atoms with Crippen molar-refractivity contribution in [2.45, 2.75) is 44.1 Å². The molecule has 0 aliphatic carbocycles. The molecule has 32 heavy (non-hydrogen) atoms. The van der Waals surface area contributed by atoms with Gasteiger partial charge >= 0.3 is 0 Å². The average Bonchev–Trinajstić information content (AvgIpc) is 3.14. The van der Waals surface area contributed by atoms with Crippen molar-refractivity contribution in [2.75, 3.05) is 6.61 Å². The molecule has 0 spiro atoms. The Labute approximate surface area is 183 Å². The third-order valence-corrected chi connectivity index (χ3v) is 5.62. The fourth-order valence-corrected chi connectivity index (χ4v) is 3.67. The number of ether oxygens (including phenoxy) is 2. The van der Waals surface area contributed by atoms with Crippen molar-refractivity contribution in [1.82, 2.24) is 10.2 Å². The number of benzene rings is 2. The second-order valence-corrected chi connectivity index (χ2v) is 7.83. The van der Waals surface area contributed by atoms with Crippen LogP contribution in [0.2, 0.25) is 0 Å². The van der Waals surface area contributed by atoms with E-state index in [2.05, 4.69) is 10.2 Å². The Morgan fingerprint density at radius 1 is 0.969 bits per heavy atom. The normalized spacial score (nSPS) is 25.6. The Morgan fingerprint density at radius 2 is 1.59 bits per heavy atom. The van der Waals surface area contributed by atoms with Gasteiger partial charge in [-0.15, -0.1) is 5.10 Å². The predicted octanol–water partition coefficient (Wildman–Crippen LogP) is 1.29. The third kappa shape index (κ3) is 4.52. The molecule has 1 aliphatic rings. The summed E-state index contributed by atoms with van der Waals surface area (Å²) >= 11 is 0. The first-order valence-corrected chi connectivity index (χ1v) is 10.2. The maximum atomic E-state index is 13.1. The standard InChI is InChI=1S/C23H25FN2O6/c1-12-17(10-13-2-4-14(5-3-13)15-6-8-16(24)9-7-15)22(26-25-12)32-23-21(30)20(29)19(28)18(11-27)31-23/h2-9,18-21,23,27-30H,10-11H2,1H3,(H,25,26)/t18-,19-,20+,21-,23?/m1/s1. The summed E-state index contributed by atoms with van der Waals surface area (Å²) in [6, 6.07) is 14.0. The van der Waals surface area contributed by atoms with Crippen molar-refractivity contribution in [2.24, 2.45) is 0 Å². The summed E-state index contributed by atoms with van der Waals surface area (Å²) in [6.45, 7) is 1.28. The molecule has 0 bridgehead atoms. The van der Waals surface area contributed by atoms with E-state index < -0.39 is 37.3 Å². The molecular formula is C23H25FN2O6. The number of nitrogens with zero attached hydrogens (tertiary/aromatic N) is 1. The summed E-state index contributed by atoms with van der Waals surface area (Å²) in [5.74, 6) is -0.0952. The monoisotopic (exact) mass is 444 g/mol. The molecule has 3 aromatic rings. The van der Waals surface area contributed by atoms with E-state index in [1.54, 1.807) is 12.1 Å². The van der Waals surface area contributed by atoms with Crippen molar-refractivity contribution in [3.8, 4) is 17.0 Å². The second kappa shape index (κ2) is 9.35. The number of aliphatic hydroxyl groups is 4. The van der Waals surface area contributed by atoms with Gasteiger partial charge in [0.15, 0.2) is 0 Å². The molecule has 1 unspecified atom stereocenters. The van der Waals surface area contributed by atoms with Gasteiger partial charge in [0.25, 0.3) is 0 Å². The van der Waals surface area contributed by atoms with Gasteiger partial charge in [0, 0.05) is 17.7 Å². The van der Waals surface area contributed by atoms with E-state index in [0.29, 0.717) is 6.42 Å². The molecular weight excluding hydrogens is 419 g/mol. The SMILES string of the molecule is Cc1[nH]nc(OC2O[C@H](CO)[C@@H](O)[C@H](O)[C@H]2O)c1Cc1ccc(-c2ccc(F)cc2)cc1. The zero-order chi connectivity index (χ0) is 22.8. The molecule has 4 rings (SSSR count). The average molecular weight is 444 g/mol. The number of hydrogen-bond donors (Lipinski definition) is 5. The molecule has 8 nitrogen and oxygen atoms in total. The van der Waals surface area contributed by atoms with Crippen molar-refractivity contribution >= 4 is 0 Å². The molecule has 0 radical (unpaired) electrons. The van der Waals surface area contributed by atoms with Gasteiger partial charge in [-0.25, -0.2) is 4.39 Å². The zero-order valence-corrected chi connectivity index (χ0v) is 17.4.